The van der Waals surface area contributed by atoms with Crippen molar-refractivity contribution in [3.8, 4) is 0 Å². The number of hydrogen-bond acceptors (Lipinski definition) is 4. The number of carbonyl (C=O) groups is 4. The van der Waals surface area contributed by atoms with Gasteiger partial charge < -0.3 is 0 Å². The van der Waals surface area contributed by atoms with E-state index in [-0.39, 0.29) is 34.5 Å². The van der Waals surface area contributed by atoms with Gasteiger partial charge in [-0.3, -0.25) is 19.2 Å². The summed E-state index contributed by atoms with van der Waals surface area (Å²) in [6, 6.07) is 21.9. The summed E-state index contributed by atoms with van der Waals surface area (Å²) in [4.78, 5) is 58.0. The summed E-state index contributed by atoms with van der Waals surface area (Å²) in [7, 11) is 0. The molecule has 0 saturated carbocycles. The Morgan fingerprint density at radius 1 is 0.521 bits per heavy atom. The lowest BCUT2D eigenvalue weighted by Crippen LogP contribution is -2.40. The predicted octanol–water partition coefficient (Wildman–Crippen LogP) is 10.5. The second-order valence-corrected chi connectivity index (χ2v) is 15.2. The molecule has 4 aromatic rings. The summed E-state index contributed by atoms with van der Waals surface area (Å²) in [5.41, 5.74) is 5.67. The lowest BCUT2D eigenvalue weighted by molar-refractivity contribution is 0.0633. The highest BCUT2D eigenvalue weighted by Crippen LogP contribution is 2.42. The van der Waals surface area contributed by atoms with Gasteiger partial charge in [0.1, 0.15) is 0 Å². The van der Waals surface area contributed by atoms with Crippen LogP contribution in [0.4, 0.5) is 0 Å². The first-order valence-corrected chi connectivity index (χ1v) is 16.9. The molecule has 0 radical (unpaired) electrons. The molecule has 0 amide bonds. The highest BCUT2D eigenvalue weighted by Gasteiger charge is 2.46. The third kappa shape index (κ3) is 7.18. The zero-order valence-electron chi connectivity index (χ0n) is 30.6. The summed E-state index contributed by atoms with van der Waals surface area (Å²) >= 11 is 0. The van der Waals surface area contributed by atoms with Gasteiger partial charge in [0.05, 0.1) is 5.41 Å². The molecule has 0 fully saturated rings. The van der Waals surface area contributed by atoms with Gasteiger partial charge in [-0.1, -0.05) is 100 Å². The first-order valence-electron chi connectivity index (χ1n) is 16.9. The molecule has 0 aliphatic rings. The van der Waals surface area contributed by atoms with Crippen LogP contribution in [0.3, 0.4) is 0 Å². The molecule has 0 aromatic heterocycles. The summed E-state index contributed by atoms with van der Waals surface area (Å²) in [6.07, 6.45) is 1.14. The van der Waals surface area contributed by atoms with Gasteiger partial charge in [-0.15, -0.1) is 0 Å². The highest BCUT2D eigenvalue weighted by atomic mass is 16.2. The number of ketones is 4. The molecule has 4 rings (SSSR count). The second-order valence-electron chi connectivity index (χ2n) is 15.2. The molecule has 0 bridgehead atoms. The molecule has 4 aromatic carbocycles. The van der Waals surface area contributed by atoms with E-state index in [1.165, 1.54) is 0 Å². The van der Waals surface area contributed by atoms with Gasteiger partial charge in [0.25, 0.3) is 0 Å². The summed E-state index contributed by atoms with van der Waals surface area (Å²) in [6.45, 7) is 21.6. The van der Waals surface area contributed by atoms with Crippen LogP contribution < -0.4 is 0 Å². The minimum atomic E-state index is -1.46. The maximum absolute atomic E-state index is 15.2. The molecule has 0 N–H and O–H groups in total. The van der Waals surface area contributed by atoms with Crippen molar-refractivity contribution in [2.75, 3.05) is 0 Å². The Bertz CT molecular complexity index is 1760. The Kier molecular flexibility index (Phi) is 10.6. The average Bonchev–Trinajstić information content (AvgIpc) is 3.00. The first kappa shape index (κ1) is 36.4. The lowest BCUT2D eigenvalue weighted by atomic mass is 9.66. The largest absolute Gasteiger partial charge is 0.293 e. The summed E-state index contributed by atoms with van der Waals surface area (Å²) in [5.74, 6) is -0.844. The Morgan fingerprint density at radius 2 is 0.854 bits per heavy atom. The van der Waals surface area contributed by atoms with Crippen molar-refractivity contribution in [3.63, 3.8) is 0 Å². The van der Waals surface area contributed by atoms with E-state index in [4.69, 9.17) is 0 Å². The van der Waals surface area contributed by atoms with Gasteiger partial charge in [-0.05, 0) is 106 Å². The van der Waals surface area contributed by atoms with Crippen molar-refractivity contribution in [2.24, 2.45) is 16.7 Å². The van der Waals surface area contributed by atoms with Gasteiger partial charge in [-0.2, -0.15) is 0 Å². The molecule has 0 aliphatic carbocycles. The fraction of sp³-hybridized carbons (Fsp3) is 0.364. The monoisotopic (exact) mass is 642 g/mol. The molecule has 250 valence electrons. The van der Waals surface area contributed by atoms with Crippen LogP contribution in [0.15, 0.2) is 72.8 Å². The maximum Gasteiger partial charge on any atom is 0.193 e. The van der Waals surface area contributed by atoms with Crippen LogP contribution in [0.25, 0.3) is 0 Å². The zero-order chi connectivity index (χ0) is 35.7. The van der Waals surface area contributed by atoms with Crippen LogP contribution in [0.5, 0.6) is 0 Å². The molecule has 0 aliphatic heterocycles. The summed E-state index contributed by atoms with van der Waals surface area (Å²) < 4.78 is 0. The van der Waals surface area contributed by atoms with Gasteiger partial charge in [-0.25, -0.2) is 0 Å². The Labute approximate surface area is 287 Å². The molecule has 4 nitrogen and oxygen atoms in total. The normalized spacial score (nSPS) is 12.5. The van der Waals surface area contributed by atoms with Crippen molar-refractivity contribution >= 4 is 23.1 Å². The Hall–Kier alpha value is -4.44. The van der Waals surface area contributed by atoms with E-state index in [1.807, 2.05) is 90.1 Å². The van der Waals surface area contributed by atoms with E-state index < -0.39 is 5.41 Å². The van der Waals surface area contributed by atoms with Gasteiger partial charge in [0.2, 0.25) is 0 Å². The number of benzene rings is 4. The molecule has 0 saturated heterocycles. The quantitative estimate of drug-likeness (QED) is 0.121. The van der Waals surface area contributed by atoms with Crippen LogP contribution in [-0.4, -0.2) is 23.1 Å². The summed E-state index contributed by atoms with van der Waals surface area (Å²) in [5, 5.41) is 0. The van der Waals surface area contributed by atoms with E-state index in [9.17, 15) is 9.59 Å². The minimum Gasteiger partial charge on any atom is -0.293 e. The van der Waals surface area contributed by atoms with Crippen molar-refractivity contribution in [3.05, 3.63) is 140 Å². The topological polar surface area (TPSA) is 68.3 Å². The molecular formula is C44H50O4. The molecule has 1 unspecified atom stereocenters. The van der Waals surface area contributed by atoms with Crippen molar-refractivity contribution in [1.29, 1.82) is 0 Å². The van der Waals surface area contributed by atoms with E-state index in [2.05, 4.69) is 27.7 Å². The number of aryl methyl sites for hydroxylation is 4. The lowest BCUT2D eigenvalue weighted by Gasteiger charge is -2.34. The predicted molar refractivity (Wildman–Crippen MR) is 196 cm³/mol. The average molecular weight is 643 g/mol. The van der Waals surface area contributed by atoms with Gasteiger partial charge >= 0.3 is 0 Å². The highest BCUT2D eigenvalue weighted by molar-refractivity contribution is 6.23. The van der Waals surface area contributed by atoms with E-state index >= 15 is 9.59 Å². The molecular weight excluding hydrogens is 592 g/mol. The second kappa shape index (κ2) is 14.0. The minimum absolute atomic E-state index is 0.0116. The standard InChI is InChI=1S/C44H50O4/c1-26(24-43(8,9)10)25-44(11,41(47)37-29(4)22-27(2)35(31(37)6)39(45)33-18-14-12-15-19-33)42(48)38-30(5)23-28(3)36(32(38)7)40(46)34-20-16-13-17-21-34/h12-23,26H,24-25H2,1-11H3. The van der Waals surface area contributed by atoms with Gasteiger partial charge in [0.15, 0.2) is 23.1 Å². The fourth-order valence-electron chi connectivity index (χ4n) is 7.89. The van der Waals surface area contributed by atoms with Crippen LogP contribution in [0.2, 0.25) is 0 Å². The van der Waals surface area contributed by atoms with E-state index in [0.717, 1.165) is 28.7 Å². The third-order valence-corrected chi connectivity index (χ3v) is 9.64. The van der Waals surface area contributed by atoms with Crippen molar-refractivity contribution in [1.82, 2.24) is 0 Å². The van der Waals surface area contributed by atoms with Crippen LogP contribution in [-0.2, 0) is 0 Å². The number of hydrogen-bond donors (Lipinski definition) is 0. The number of rotatable bonds is 11. The maximum atomic E-state index is 15.2. The van der Waals surface area contributed by atoms with Gasteiger partial charge in [0, 0.05) is 33.4 Å². The zero-order valence-corrected chi connectivity index (χ0v) is 30.6. The van der Waals surface area contributed by atoms with Crippen LogP contribution >= 0.6 is 0 Å². The fourth-order valence-corrected chi connectivity index (χ4v) is 7.89. The smallest absolute Gasteiger partial charge is 0.193 e. The number of carbonyl (C=O) groups excluding carboxylic acids is 4. The SMILES string of the molecule is Cc1cc(C)c(C(=O)C(C)(CC(C)CC(C)(C)C)C(=O)c2c(C)cc(C)c(C(=O)c3ccccc3)c2C)c(C)c1C(=O)c1ccccc1. The molecule has 48 heavy (non-hydrogen) atoms. The Balaban J connectivity index is 1.94. The van der Waals surface area contributed by atoms with E-state index in [0.29, 0.717) is 50.9 Å². The van der Waals surface area contributed by atoms with Crippen LogP contribution in [0.1, 0.15) is 133 Å². The molecule has 0 heterocycles. The van der Waals surface area contributed by atoms with E-state index in [1.54, 1.807) is 31.2 Å². The molecule has 1 atom stereocenters. The Morgan fingerprint density at radius 3 is 1.19 bits per heavy atom. The molecule has 4 heteroatoms. The third-order valence-electron chi connectivity index (χ3n) is 9.64. The first-order chi connectivity index (χ1) is 22.4. The van der Waals surface area contributed by atoms with Crippen LogP contribution in [0, 0.1) is 58.3 Å². The number of Topliss-reactive ketones (excluding diaryl/α,β-unsaturated/α-hetero) is 2. The van der Waals surface area contributed by atoms with Crippen molar-refractivity contribution in [2.45, 2.75) is 89.0 Å². The van der Waals surface area contributed by atoms with Crippen molar-refractivity contribution < 1.29 is 19.2 Å². The molecule has 0 spiro atoms.